The average Bonchev–Trinajstić information content (AvgIpc) is 2.48. The Morgan fingerprint density at radius 2 is 2.14 bits per heavy atom. The molecule has 9 heteroatoms. The first kappa shape index (κ1) is 16.3. The summed E-state index contributed by atoms with van der Waals surface area (Å²) in [5, 5.41) is 16.5. The zero-order valence-corrected chi connectivity index (χ0v) is 13.0. The molecule has 0 aliphatic heterocycles. The molecule has 0 aliphatic rings. The summed E-state index contributed by atoms with van der Waals surface area (Å²) in [5.41, 5.74) is 0.389. The number of rotatable bonds is 5. The van der Waals surface area contributed by atoms with Crippen LogP contribution in [0.15, 0.2) is 35.4 Å². The highest BCUT2D eigenvalue weighted by atomic mass is 35.5. The summed E-state index contributed by atoms with van der Waals surface area (Å²) < 4.78 is 27.0. The third-order valence-corrected chi connectivity index (χ3v) is 4.66. The number of aromatic carboxylic acids is 1. The predicted molar refractivity (Wildman–Crippen MR) is 79.2 cm³/mol. The molecule has 0 bridgehead atoms. The number of carboxylic acid groups (broad SMARTS) is 1. The molecule has 116 valence electrons. The lowest BCUT2D eigenvalue weighted by atomic mass is 10.1. The van der Waals surface area contributed by atoms with Crippen molar-refractivity contribution >= 4 is 27.6 Å². The van der Waals surface area contributed by atoms with Crippen LogP contribution in [-0.4, -0.2) is 29.7 Å². The van der Waals surface area contributed by atoms with E-state index in [4.69, 9.17) is 16.7 Å². The number of hydrogen-bond donors (Lipinski definition) is 2. The van der Waals surface area contributed by atoms with Crippen LogP contribution in [0, 0.1) is 6.92 Å². The molecule has 0 amide bonds. The average molecular weight is 342 g/mol. The molecular weight excluding hydrogens is 330 g/mol. The SMILES string of the molecule is Cc1c(C(=O)O)cc(Cl)cc1S(=O)(=O)NCc1cccnn1. The number of nitrogens with one attached hydrogen (secondary N) is 1. The van der Waals surface area contributed by atoms with E-state index < -0.39 is 16.0 Å². The van der Waals surface area contributed by atoms with E-state index in [0.29, 0.717) is 5.69 Å². The van der Waals surface area contributed by atoms with E-state index in [0.717, 1.165) is 0 Å². The molecule has 2 rings (SSSR count). The Hall–Kier alpha value is -2.03. The topological polar surface area (TPSA) is 109 Å². The van der Waals surface area contributed by atoms with Gasteiger partial charge in [0, 0.05) is 11.2 Å². The lowest BCUT2D eigenvalue weighted by molar-refractivity contribution is 0.0696. The minimum atomic E-state index is -3.93. The molecule has 0 atom stereocenters. The van der Waals surface area contributed by atoms with Gasteiger partial charge in [0.2, 0.25) is 10.0 Å². The fourth-order valence-electron chi connectivity index (χ4n) is 1.83. The molecule has 0 fully saturated rings. The molecule has 0 saturated heterocycles. The fraction of sp³-hybridized carbons (Fsp3) is 0.154. The lowest BCUT2D eigenvalue weighted by Gasteiger charge is -2.11. The molecule has 0 saturated carbocycles. The zero-order valence-electron chi connectivity index (χ0n) is 11.4. The van der Waals surface area contributed by atoms with Crippen LogP contribution in [0.3, 0.4) is 0 Å². The van der Waals surface area contributed by atoms with Crippen LogP contribution in [0.1, 0.15) is 21.6 Å². The van der Waals surface area contributed by atoms with Crippen LogP contribution in [0.5, 0.6) is 0 Å². The Kier molecular flexibility index (Phi) is 4.74. The summed E-state index contributed by atoms with van der Waals surface area (Å²) in [5.74, 6) is -1.25. The van der Waals surface area contributed by atoms with E-state index in [1.165, 1.54) is 25.3 Å². The highest BCUT2D eigenvalue weighted by Gasteiger charge is 2.22. The van der Waals surface area contributed by atoms with E-state index >= 15 is 0 Å². The van der Waals surface area contributed by atoms with Gasteiger partial charge in [-0.2, -0.15) is 10.2 Å². The molecule has 0 unspecified atom stereocenters. The Morgan fingerprint density at radius 3 is 2.73 bits per heavy atom. The standard InChI is InChI=1S/C13H12ClN3O4S/c1-8-11(13(18)19)5-9(14)6-12(8)22(20,21)16-7-10-3-2-4-15-17-10/h2-6,16H,7H2,1H3,(H,18,19). The Morgan fingerprint density at radius 1 is 1.41 bits per heavy atom. The van der Waals surface area contributed by atoms with Crippen molar-refractivity contribution in [3.05, 3.63) is 52.3 Å². The molecule has 0 spiro atoms. The summed E-state index contributed by atoms with van der Waals surface area (Å²) in [7, 11) is -3.93. The smallest absolute Gasteiger partial charge is 0.336 e. The number of nitrogens with zero attached hydrogens (tertiary/aromatic N) is 2. The van der Waals surface area contributed by atoms with Crippen LogP contribution < -0.4 is 4.72 Å². The highest BCUT2D eigenvalue weighted by Crippen LogP contribution is 2.24. The van der Waals surface area contributed by atoms with Crippen molar-refractivity contribution in [2.75, 3.05) is 0 Å². The van der Waals surface area contributed by atoms with Crippen molar-refractivity contribution in [1.29, 1.82) is 0 Å². The second-order valence-electron chi connectivity index (χ2n) is 4.42. The van der Waals surface area contributed by atoms with E-state index in [1.807, 2.05) is 0 Å². The molecule has 0 radical (unpaired) electrons. The van der Waals surface area contributed by atoms with Crippen LogP contribution >= 0.6 is 11.6 Å². The number of benzene rings is 1. The minimum Gasteiger partial charge on any atom is -0.478 e. The second-order valence-corrected chi connectivity index (χ2v) is 6.59. The van der Waals surface area contributed by atoms with Gasteiger partial charge >= 0.3 is 5.97 Å². The van der Waals surface area contributed by atoms with Gasteiger partial charge < -0.3 is 5.11 Å². The minimum absolute atomic E-state index is 0.0304. The van der Waals surface area contributed by atoms with E-state index in [9.17, 15) is 13.2 Å². The molecule has 22 heavy (non-hydrogen) atoms. The first-order valence-corrected chi connectivity index (χ1v) is 7.97. The van der Waals surface area contributed by atoms with E-state index in [2.05, 4.69) is 14.9 Å². The van der Waals surface area contributed by atoms with Gasteiger partial charge in [-0.3, -0.25) is 0 Å². The molecule has 2 aromatic rings. The second kappa shape index (κ2) is 6.39. The molecule has 1 aromatic carbocycles. The molecule has 7 nitrogen and oxygen atoms in total. The van der Waals surface area contributed by atoms with E-state index in [-0.39, 0.29) is 27.6 Å². The molecular formula is C13H12ClN3O4S. The van der Waals surface area contributed by atoms with Crippen LogP contribution in [0.4, 0.5) is 0 Å². The Balaban J connectivity index is 2.35. The third kappa shape index (κ3) is 3.59. The fourth-order valence-corrected chi connectivity index (χ4v) is 3.40. The van der Waals surface area contributed by atoms with Gasteiger partial charge in [-0.25, -0.2) is 17.9 Å². The quantitative estimate of drug-likeness (QED) is 0.855. The number of carboxylic acids is 1. The normalized spacial score (nSPS) is 11.4. The molecule has 2 N–H and O–H groups in total. The highest BCUT2D eigenvalue weighted by molar-refractivity contribution is 7.89. The molecule has 1 heterocycles. The van der Waals surface area contributed by atoms with Gasteiger partial charge in [0.25, 0.3) is 0 Å². The summed E-state index contributed by atoms with van der Waals surface area (Å²) in [6, 6.07) is 5.66. The summed E-state index contributed by atoms with van der Waals surface area (Å²) in [6.45, 7) is 1.35. The van der Waals surface area contributed by atoms with Crippen molar-refractivity contribution in [3.63, 3.8) is 0 Å². The van der Waals surface area contributed by atoms with Crippen LogP contribution in [0.2, 0.25) is 5.02 Å². The number of hydrogen-bond acceptors (Lipinski definition) is 5. The van der Waals surface area contributed by atoms with Gasteiger partial charge in [0.15, 0.2) is 0 Å². The zero-order chi connectivity index (χ0) is 16.3. The number of sulfonamides is 1. The van der Waals surface area contributed by atoms with Gasteiger partial charge in [-0.15, -0.1) is 0 Å². The first-order valence-electron chi connectivity index (χ1n) is 6.11. The van der Waals surface area contributed by atoms with Crippen LogP contribution in [0.25, 0.3) is 0 Å². The molecule has 0 aliphatic carbocycles. The lowest BCUT2D eigenvalue weighted by Crippen LogP contribution is -2.25. The van der Waals surface area contributed by atoms with Crippen molar-refractivity contribution < 1.29 is 18.3 Å². The van der Waals surface area contributed by atoms with Gasteiger partial charge in [-0.1, -0.05) is 11.6 Å². The summed E-state index contributed by atoms with van der Waals surface area (Å²) >= 11 is 5.81. The van der Waals surface area contributed by atoms with Gasteiger partial charge in [0.05, 0.1) is 22.7 Å². The Labute approximate surface area is 132 Å². The number of aromatic nitrogens is 2. The van der Waals surface area contributed by atoms with E-state index in [1.54, 1.807) is 12.1 Å². The maximum atomic E-state index is 12.3. The monoisotopic (exact) mass is 341 g/mol. The van der Waals surface area contributed by atoms with Gasteiger partial charge in [0.1, 0.15) is 0 Å². The Bertz CT molecular complexity index is 810. The largest absolute Gasteiger partial charge is 0.478 e. The summed E-state index contributed by atoms with van der Waals surface area (Å²) in [4.78, 5) is 11.0. The number of carbonyl (C=O) groups is 1. The summed E-state index contributed by atoms with van der Waals surface area (Å²) in [6.07, 6.45) is 1.47. The van der Waals surface area contributed by atoms with Gasteiger partial charge in [-0.05, 0) is 36.8 Å². The van der Waals surface area contributed by atoms with Crippen molar-refractivity contribution in [1.82, 2.24) is 14.9 Å². The van der Waals surface area contributed by atoms with Crippen molar-refractivity contribution in [2.45, 2.75) is 18.4 Å². The first-order chi connectivity index (χ1) is 10.3. The number of halogens is 1. The van der Waals surface area contributed by atoms with Crippen molar-refractivity contribution in [3.8, 4) is 0 Å². The predicted octanol–water partition coefficient (Wildman–Crippen LogP) is 1.62. The van der Waals surface area contributed by atoms with Crippen LogP contribution in [-0.2, 0) is 16.6 Å². The maximum absolute atomic E-state index is 12.3. The third-order valence-electron chi connectivity index (χ3n) is 2.92. The molecule has 1 aromatic heterocycles. The van der Waals surface area contributed by atoms with Crippen molar-refractivity contribution in [2.24, 2.45) is 0 Å². The maximum Gasteiger partial charge on any atom is 0.336 e.